The Morgan fingerprint density at radius 3 is 2.58 bits per heavy atom. The minimum Gasteiger partial charge on any atom is -0.508 e. The fourth-order valence-corrected chi connectivity index (χ4v) is 4.31. The molecule has 0 aliphatic heterocycles. The third-order valence-electron chi connectivity index (χ3n) is 5.57. The van der Waals surface area contributed by atoms with Crippen molar-refractivity contribution in [2.45, 2.75) is 47.6 Å². The van der Waals surface area contributed by atoms with E-state index in [0.717, 1.165) is 11.3 Å². The molecular formula is C23H30N6O3S. The van der Waals surface area contributed by atoms with Gasteiger partial charge in [-0.25, -0.2) is 4.98 Å². The molecule has 0 aliphatic carbocycles. The molecule has 0 bridgehead atoms. The average molecular weight is 471 g/mol. The van der Waals surface area contributed by atoms with Gasteiger partial charge in [0.1, 0.15) is 16.7 Å². The third kappa shape index (κ3) is 5.16. The molecule has 1 unspecified atom stereocenters. The zero-order chi connectivity index (χ0) is 24.3. The molecule has 2 amide bonds. The van der Waals surface area contributed by atoms with E-state index in [1.54, 1.807) is 28.6 Å². The number of aromatic nitrogens is 3. The maximum atomic E-state index is 12.7. The summed E-state index contributed by atoms with van der Waals surface area (Å²) < 4.78 is 1.69. The molecule has 33 heavy (non-hydrogen) atoms. The highest BCUT2D eigenvalue weighted by atomic mass is 32.1. The van der Waals surface area contributed by atoms with E-state index in [2.05, 4.69) is 20.7 Å². The Morgan fingerprint density at radius 1 is 1.21 bits per heavy atom. The van der Waals surface area contributed by atoms with Crippen molar-refractivity contribution in [3.05, 3.63) is 46.1 Å². The van der Waals surface area contributed by atoms with E-state index in [9.17, 15) is 14.7 Å². The maximum absolute atomic E-state index is 12.7. The number of rotatable bonds is 8. The second-order valence-corrected chi connectivity index (χ2v) is 8.84. The van der Waals surface area contributed by atoms with Crippen LogP contribution < -0.4 is 10.6 Å². The Balaban J connectivity index is 1.72. The van der Waals surface area contributed by atoms with Crippen molar-refractivity contribution in [1.82, 2.24) is 19.7 Å². The summed E-state index contributed by atoms with van der Waals surface area (Å²) in [6.45, 7) is 12.6. The summed E-state index contributed by atoms with van der Waals surface area (Å²) in [6, 6.07) is 4.77. The first-order valence-corrected chi connectivity index (χ1v) is 11.7. The monoisotopic (exact) mass is 470 g/mol. The molecule has 0 aliphatic rings. The lowest BCUT2D eigenvalue weighted by molar-refractivity contribution is -0.134. The second kappa shape index (κ2) is 10.0. The van der Waals surface area contributed by atoms with Gasteiger partial charge in [0.25, 0.3) is 5.91 Å². The van der Waals surface area contributed by atoms with Gasteiger partial charge in [0, 0.05) is 30.4 Å². The van der Waals surface area contributed by atoms with Gasteiger partial charge in [0.05, 0.1) is 11.9 Å². The number of hydrogen-bond acceptors (Lipinski definition) is 7. The van der Waals surface area contributed by atoms with Crippen LogP contribution in [0.25, 0.3) is 0 Å². The predicted octanol–water partition coefficient (Wildman–Crippen LogP) is 4.40. The molecule has 2 aromatic heterocycles. The van der Waals surface area contributed by atoms with Crippen molar-refractivity contribution in [3.8, 4) is 5.75 Å². The number of thiazole rings is 1. The molecule has 0 saturated carbocycles. The number of aryl methyl sites for hydroxylation is 2. The molecule has 3 aromatic rings. The van der Waals surface area contributed by atoms with Gasteiger partial charge in [0.2, 0.25) is 5.91 Å². The Bertz CT molecular complexity index is 1170. The van der Waals surface area contributed by atoms with E-state index in [0.29, 0.717) is 40.2 Å². The normalized spacial score (nSPS) is 11.8. The largest absolute Gasteiger partial charge is 0.508 e. The van der Waals surface area contributed by atoms with Gasteiger partial charge in [-0.2, -0.15) is 5.10 Å². The number of phenols is 1. The summed E-state index contributed by atoms with van der Waals surface area (Å²) in [7, 11) is 0. The van der Waals surface area contributed by atoms with E-state index in [1.165, 1.54) is 17.5 Å². The van der Waals surface area contributed by atoms with Gasteiger partial charge in [0.15, 0.2) is 10.9 Å². The fourth-order valence-electron chi connectivity index (χ4n) is 3.60. The van der Waals surface area contributed by atoms with E-state index < -0.39 is 6.04 Å². The Kier molecular flexibility index (Phi) is 7.37. The Hall–Kier alpha value is -3.40. The number of anilines is 3. The lowest BCUT2D eigenvalue weighted by Gasteiger charge is -2.23. The number of hydrogen-bond donors (Lipinski definition) is 3. The molecule has 1 atom stereocenters. The van der Waals surface area contributed by atoms with Gasteiger partial charge in [-0.15, -0.1) is 0 Å². The minimum atomic E-state index is -0.424. The molecule has 0 spiro atoms. The van der Waals surface area contributed by atoms with Crippen LogP contribution in [0.3, 0.4) is 0 Å². The highest BCUT2D eigenvalue weighted by molar-refractivity contribution is 7.17. The molecule has 0 radical (unpaired) electrons. The van der Waals surface area contributed by atoms with Crippen LogP contribution in [-0.4, -0.2) is 49.7 Å². The van der Waals surface area contributed by atoms with Crippen LogP contribution in [0.5, 0.6) is 5.75 Å². The van der Waals surface area contributed by atoms with Crippen LogP contribution in [0.4, 0.5) is 16.6 Å². The molecule has 1 aromatic carbocycles. The van der Waals surface area contributed by atoms with Crippen LogP contribution >= 0.6 is 11.3 Å². The van der Waals surface area contributed by atoms with Gasteiger partial charge in [-0.1, -0.05) is 17.4 Å². The number of carbonyl (C=O) groups is 2. The van der Waals surface area contributed by atoms with E-state index in [-0.39, 0.29) is 17.6 Å². The number of nitrogens with one attached hydrogen (secondary N) is 2. The highest BCUT2D eigenvalue weighted by Gasteiger charge is 2.23. The smallest absolute Gasteiger partial charge is 0.267 e. The highest BCUT2D eigenvalue weighted by Crippen LogP contribution is 2.30. The maximum Gasteiger partial charge on any atom is 0.267 e. The standard InChI is InChI=1S/C23H30N6O3S/c1-7-28(8-2)22(32)16(6)29-14(4)11-19(27-29)25-23-24-12-18(33-23)21(31)26-20-13(3)9-10-17(30)15(20)5/h9-12,16,30H,7-8H2,1-6H3,(H,26,31)(H,24,25,27). The topological polar surface area (TPSA) is 112 Å². The van der Waals surface area contributed by atoms with Gasteiger partial charge < -0.3 is 20.6 Å². The lowest BCUT2D eigenvalue weighted by Crippen LogP contribution is -2.36. The van der Waals surface area contributed by atoms with Crippen molar-refractivity contribution in [1.29, 1.82) is 0 Å². The number of aromatic hydroxyl groups is 1. The molecular weight excluding hydrogens is 440 g/mol. The SMILES string of the molecule is CCN(CC)C(=O)C(C)n1nc(Nc2ncc(C(=O)Nc3c(C)ccc(O)c3C)s2)cc1C. The summed E-state index contributed by atoms with van der Waals surface area (Å²) >= 11 is 1.19. The average Bonchev–Trinajstić information content (AvgIpc) is 3.40. The first-order valence-electron chi connectivity index (χ1n) is 10.8. The molecule has 9 nitrogen and oxygen atoms in total. The number of likely N-dealkylation sites (N-methyl/N-ethyl adjacent to an activating group) is 1. The van der Waals surface area contributed by atoms with Crippen molar-refractivity contribution in [2.75, 3.05) is 23.7 Å². The number of amides is 2. The first-order chi connectivity index (χ1) is 15.7. The van der Waals surface area contributed by atoms with Gasteiger partial charge in [-0.05, 0) is 53.2 Å². The zero-order valence-electron chi connectivity index (χ0n) is 19.8. The quantitative estimate of drug-likeness (QED) is 0.450. The molecule has 0 saturated heterocycles. The Labute approximate surface area is 197 Å². The number of benzene rings is 1. The fraction of sp³-hybridized carbons (Fsp3) is 0.391. The second-order valence-electron chi connectivity index (χ2n) is 7.81. The van der Waals surface area contributed by atoms with Gasteiger partial charge >= 0.3 is 0 Å². The number of phenolic OH excluding ortho intramolecular Hbond substituents is 1. The summed E-state index contributed by atoms with van der Waals surface area (Å²) in [5.41, 5.74) is 2.90. The number of carbonyl (C=O) groups excluding carboxylic acids is 2. The van der Waals surface area contributed by atoms with E-state index in [4.69, 9.17) is 0 Å². The molecule has 3 rings (SSSR count). The van der Waals surface area contributed by atoms with Crippen LogP contribution in [-0.2, 0) is 4.79 Å². The summed E-state index contributed by atoms with van der Waals surface area (Å²) in [5, 5.41) is 20.9. The van der Waals surface area contributed by atoms with Crippen molar-refractivity contribution in [2.24, 2.45) is 0 Å². The molecule has 0 fully saturated rings. The predicted molar refractivity (Wildman–Crippen MR) is 131 cm³/mol. The van der Waals surface area contributed by atoms with Gasteiger partial charge in [-0.3, -0.25) is 14.3 Å². The molecule has 3 N–H and O–H groups in total. The number of nitrogens with zero attached hydrogens (tertiary/aromatic N) is 4. The van der Waals surface area contributed by atoms with Crippen LogP contribution in [0, 0.1) is 20.8 Å². The van der Waals surface area contributed by atoms with Crippen molar-refractivity contribution >= 4 is 39.8 Å². The summed E-state index contributed by atoms with van der Waals surface area (Å²) in [4.78, 5) is 31.9. The summed E-state index contributed by atoms with van der Waals surface area (Å²) in [6.07, 6.45) is 1.49. The van der Waals surface area contributed by atoms with Crippen molar-refractivity contribution in [3.63, 3.8) is 0 Å². The van der Waals surface area contributed by atoms with Crippen molar-refractivity contribution < 1.29 is 14.7 Å². The van der Waals surface area contributed by atoms with Crippen LogP contribution in [0.15, 0.2) is 24.4 Å². The van der Waals surface area contributed by atoms with E-state index >= 15 is 0 Å². The van der Waals surface area contributed by atoms with Crippen LogP contribution in [0.2, 0.25) is 0 Å². The lowest BCUT2D eigenvalue weighted by atomic mass is 10.1. The summed E-state index contributed by atoms with van der Waals surface area (Å²) in [5.74, 6) is 0.385. The van der Waals surface area contributed by atoms with Crippen LogP contribution in [0.1, 0.15) is 53.3 Å². The zero-order valence-corrected chi connectivity index (χ0v) is 20.6. The Morgan fingerprint density at radius 2 is 1.91 bits per heavy atom. The van der Waals surface area contributed by atoms with E-state index in [1.807, 2.05) is 40.7 Å². The molecule has 2 heterocycles. The molecule has 176 valence electrons. The third-order valence-corrected chi connectivity index (χ3v) is 6.48. The molecule has 10 heteroatoms. The first kappa shape index (κ1) is 24.2. The minimum absolute atomic E-state index is 0.0171.